The standard InChI is InChI=1S/C24H29F2N3O2/c25-14-24(31,15-26)12-18(30)6-1-2-7-22-28-21-11-10-19(16-8-9-16)20(13-27)23(21)29(22)17-4-3-5-17/h10-11,16-17,31H,1-9,12,14-15H2. The molecule has 2 aliphatic rings. The van der Waals surface area contributed by atoms with Crippen LogP contribution in [-0.2, 0) is 11.2 Å². The summed E-state index contributed by atoms with van der Waals surface area (Å²) in [6, 6.07) is 6.89. The molecule has 1 N–H and O–H groups in total. The first-order valence-electron chi connectivity index (χ1n) is 11.3. The van der Waals surface area contributed by atoms with Crippen LogP contribution in [0, 0.1) is 11.3 Å². The summed E-state index contributed by atoms with van der Waals surface area (Å²) in [6.07, 6.45) is 7.27. The number of nitriles is 1. The summed E-state index contributed by atoms with van der Waals surface area (Å²) >= 11 is 0. The molecule has 2 fully saturated rings. The molecular formula is C24H29F2N3O2. The number of ketones is 1. The van der Waals surface area contributed by atoms with Crippen molar-refractivity contribution < 1.29 is 18.7 Å². The minimum absolute atomic E-state index is 0.182. The Kier molecular flexibility index (Phi) is 6.38. The van der Waals surface area contributed by atoms with Crippen LogP contribution < -0.4 is 0 Å². The maximum atomic E-state index is 12.7. The average molecular weight is 430 g/mol. The van der Waals surface area contributed by atoms with Crippen LogP contribution in [0.4, 0.5) is 8.78 Å². The smallest absolute Gasteiger partial charge is 0.135 e. The van der Waals surface area contributed by atoms with Crippen molar-refractivity contribution in [3.8, 4) is 6.07 Å². The SMILES string of the molecule is N#Cc1c(C2CC2)ccc2nc(CCCCC(=O)CC(O)(CF)CF)n(C3CCC3)c12. The molecule has 0 aliphatic heterocycles. The second-order valence-corrected chi connectivity index (χ2v) is 9.18. The number of halogens is 2. The van der Waals surface area contributed by atoms with Gasteiger partial charge in [0, 0.05) is 25.3 Å². The highest BCUT2D eigenvalue weighted by Crippen LogP contribution is 2.44. The number of carbonyl (C=O) groups excluding carboxylic acids is 1. The molecule has 1 aromatic carbocycles. The lowest BCUT2D eigenvalue weighted by Gasteiger charge is -2.29. The van der Waals surface area contributed by atoms with Crippen LogP contribution in [0.3, 0.4) is 0 Å². The number of imidazole rings is 1. The maximum absolute atomic E-state index is 12.7. The van der Waals surface area contributed by atoms with Crippen molar-refractivity contribution in [2.45, 2.75) is 81.8 Å². The molecule has 2 aromatic rings. The van der Waals surface area contributed by atoms with Gasteiger partial charge in [0.25, 0.3) is 0 Å². The zero-order valence-corrected chi connectivity index (χ0v) is 17.7. The van der Waals surface area contributed by atoms with E-state index in [2.05, 4.69) is 16.7 Å². The Labute approximate surface area is 181 Å². The third kappa shape index (κ3) is 4.50. The Morgan fingerprint density at radius 2 is 1.97 bits per heavy atom. The van der Waals surface area contributed by atoms with Crippen molar-refractivity contribution in [1.82, 2.24) is 9.55 Å². The van der Waals surface area contributed by atoms with E-state index < -0.39 is 25.4 Å². The lowest BCUT2D eigenvalue weighted by Crippen LogP contribution is -2.36. The van der Waals surface area contributed by atoms with E-state index >= 15 is 0 Å². The number of nitrogens with zero attached hydrogens (tertiary/aromatic N) is 3. The van der Waals surface area contributed by atoms with E-state index in [1.165, 1.54) is 6.42 Å². The molecule has 31 heavy (non-hydrogen) atoms. The fourth-order valence-electron chi connectivity index (χ4n) is 4.51. The monoisotopic (exact) mass is 429 g/mol. The second-order valence-electron chi connectivity index (χ2n) is 9.18. The van der Waals surface area contributed by atoms with E-state index in [-0.39, 0.29) is 12.2 Å². The lowest BCUT2D eigenvalue weighted by molar-refractivity contribution is -0.125. The summed E-state index contributed by atoms with van der Waals surface area (Å²) in [5, 5.41) is 19.6. The van der Waals surface area contributed by atoms with Gasteiger partial charge in [-0.3, -0.25) is 4.79 Å². The number of benzene rings is 1. The van der Waals surface area contributed by atoms with Crippen molar-refractivity contribution in [3.63, 3.8) is 0 Å². The molecule has 2 saturated carbocycles. The Bertz CT molecular complexity index is 998. The van der Waals surface area contributed by atoms with Crippen LogP contribution >= 0.6 is 0 Å². The van der Waals surface area contributed by atoms with Crippen molar-refractivity contribution in [2.24, 2.45) is 0 Å². The molecule has 0 atom stereocenters. The number of hydrogen-bond donors (Lipinski definition) is 1. The predicted octanol–water partition coefficient (Wildman–Crippen LogP) is 4.85. The summed E-state index contributed by atoms with van der Waals surface area (Å²) in [4.78, 5) is 16.8. The van der Waals surface area contributed by atoms with Gasteiger partial charge in [0.1, 0.15) is 36.6 Å². The molecule has 0 unspecified atom stereocenters. The fraction of sp³-hybridized carbons (Fsp3) is 0.625. The van der Waals surface area contributed by atoms with Crippen LogP contribution in [0.1, 0.15) is 86.7 Å². The first-order chi connectivity index (χ1) is 15.0. The lowest BCUT2D eigenvalue weighted by atomic mass is 9.91. The molecule has 1 aromatic heterocycles. The van der Waals surface area contributed by atoms with Gasteiger partial charge in [0.15, 0.2) is 0 Å². The number of aliphatic hydroxyl groups is 1. The number of fused-ring (bicyclic) bond motifs is 1. The van der Waals surface area contributed by atoms with Gasteiger partial charge >= 0.3 is 0 Å². The topological polar surface area (TPSA) is 78.9 Å². The summed E-state index contributed by atoms with van der Waals surface area (Å²) in [5.41, 5.74) is 1.54. The third-order valence-electron chi connectivity index (χ3n) is 6.66. The van der Waals surface area contributed by atoms with Gasteiger partial charge in [-0.2, -0.15) is 5.26 Å². The summed E-state index contributed by atoms with van der Waals surface area (Å²) < 4.78 is 27.7. The van der Waals surface area contributed by atoms with Crippen molar-refractivity contribution >= 4 is 16.8 Å². The predicted molar refractivity (Wildman–Crippen MR) is 113 cm³/mol. The molecule has 5 nitrogen and oxygen atoms in total. The zero-order valence-electron chi connectivity index (χ0n) is 17.7. The number of alkyl halides is 2. The quantitative estimate of drug-likeness (QED) is 0.518. The van der Waals surface area contributed by atoms with Gasteiger partial charge in [0.2, 0.25) is 0 Å². The van der Waals surface area contributed by atoms with Gasteiger partial charge < -0.3 is 9.67 Å². The van der Waals surface area contributed by atoms with Crippen molar-refractivity contribution in [2.75, 3.05) is 13.3 Å². The molecule has 166 valence electrons. The zero-order chi connectivity index (χ0) is 22.0. The van der Waals surface area contributed by atoms with Gasteiger partial charge in [-0.25, -0.2) is 13.8 Å². The van der Waals surface area contributed by atoms with Crippen LogP contribution in [0.5, 0.6) is 0 Å². The van der Waals surface area contributed by atoms with Crippen LogP contribution in [0.2, 0.25) is 0 Å². The Hall–Kier alpha value is -2.33. The number of carbonyl (C=O) groups is 1. The van der Waals surface area contributed by atoms with E-state index in [0.29, 0.717) is 31.2 Å². The molecule has 1 heterocycles. The van der Waals surface area contributed by atoms with Gasteiger partial charge in [-0.1, -0.05) is 6.07 Å². The third-order valence-corrected chi connectivity index (χ3v) is 6.66. The van der Waals surface area contributed by atoms with E-state index in [1.54, 1.807) is 0 Å². The van der Waals surface area contributed by atoms with Crippen LogP contribution in [-0.4, -0.2) is 39.4 Å². The highest BCUT2D eigenvalue weighted by atomic mass is 19.1. The Morgan fingerprint density at radius 1 is 1.23 bits per heavy atom. The number of rotatable bonds is 11. The minimum atomic E-state index is -2.18. The Balaban J connectivity index is 1.48. The minimum Gasteiger partial charge on any atom is -0.384 e. The largest absolute Gasteiger partial charge is 0.384 e. The highest BCUT2D eigenvalue weighted by Gasteiger charge is 2.32. The van der Waals surface area contributed by atoms with Crippen molar-refractivity contribution in [1.29, 1.82) is 5.26 Å². The van der Waals surface area contributed by atoms with Crippen molar-refractivity contribution in [3.05, 3.63) is 29.1 Å². The van der Waals surface area contributed by atoms with Crippen LogP contribution in [0.15, 0.2) is 12.1 Å². The molecule has 0 saturated heterocycles. The molecule has 0 radical (unpaired) electrons. The van der Waals surface area contributed by atoms with Crippen LogP contribution in [0.25, 0.3) is 11.0 Å². The molecule has 0 bridgehead atoms. The van der Waals surface area contributed by atoms with E-state index in [9.17, 15) is 23.9 Å². The van der Waals surface area contributed by atoms with Gasteiger partial charge in [-0.15, -0.1) is 0 Å². The van der Waals surface area contributed by atoms with E-state index in [4.69, 9.17) is 4.98 Å². The Morgan fingerprint density at radius 3 is 2.55 bits per heavy atom. The first kappa shape index (κ1) is 21.9. The number of aryl methyl sites for hydroxylation is 1. The van der Waals surface area contributed by atoms with Gasteiger partial charge in [0.05, 0.1) is 16.6 Å². The molecule has 0 amide bonds. The molecule has 7 heteroatoms. The first-order valence-corrected chi connectivity index (χ1v) is 11.3. The summed E-state index contributed by atoms with van der Waals surface area (Å²) in [7, 11) is 0. The maximum Gasteiger partial charge on any atom is 0.135 e. The van der Waals surface area contributed by atoms with E-state index in [1.807, 2.05) is 6.07 Å². The second kappa shape index (κ2) is 9.04. The normalized spacial score (nSPS) is 17.0. The summed E-state index contributed by atoms with van der Waals surface area (Å²) in [5.74, 6) is 1.11. The average Bonchev–Trinajstić information content (AvgIpc) is 3.52. The van der Waals surface area contributed by atoms with E-state index in [0.717, 1.165) is 53.7 Å². The molecule has 2 aliphatic carbocycles. The number of unbranched alkanes of at least 4 members (excludes halogenated alkanes) is 1. The fourth-order valence-corrected chi connectivity index (χ4v) is 4.51. The number of hydrogen-bond acceptors (Lipinski definition) is 4. The summed E-state index contributed by atoms with van der Waals surface area (Å²) in [6.45, 7) is -2.52. The molecular weight excluding hydrogens is 400 g/mol. The highest BCUT2D eigenvalue weighted by molar-refractivity contribution is 5.84. The molecule has 4 rings (SSSR count). The number of aromatic nitrogens is 2. The molecule has 0 spiro atoms. The van der Waals surface area contributed by atoms with Gasteiger partial charge in [-0.05, 0) is 62.5 Å². The number of Topliss-reactive ketones (excluding diaryl/α,β-unsaturated/α-hetero) is 1.